The van der Waals surface area contributed by atoms with Crippen molar-refractivity contribution < 1.29 is 14.3 Å². The number of hydrogen-bond donors (Lipinski definition) is 2. The van der Waals surface area contributed by atoms with Crippen molar-refractivity contribution in [1.82, 2.24) is 0 Å². The Balaban J connectivity index is 1.85. The lowest BCUT2D eigenvalue weighted by Gasteiger charge is -2.13. The van der Waals surface area contributed by atoms with Gasteiger partial charge in [0.25, 0.3) is 0 Å². The van der Waals surface area contributed by atoms with Gasteiger partial charge in [0.15, 0.2) is 0 Å². The maximum absolute atomic E-state index is 12.1. The fraction of sp³-hybridized carbons (Fsp3) is 0.278. The zero-order valence-corrected chi connectivity index (χ0v) is 15.1. The number of para-hydroxylation sites is 2. The summed E-state index contributed by atoms with van der Waals surface area (Å²) in [6.07, 6.45) is 0. The van der Waals surface area contributed by atoms with Crippen LogP contribution in [0.4, 0.5) is 11.4 Å². The van der Waals surface area contributed by atoms with Crippen LogP contribution in [-0.4, -0.2) is 32.3 Å². The molecule has 0 saturated carbocycles. The number of amides is 1. The highest BCUT2D eigenvalue weighted by Crippen LogP contribution is 2.23. The Morgan fingerprint density at radius 1 is 1.08 bits per heavy atom. The van der Waals surface area contributed by atoms with Gasteiger partial charge in [0.05, 0.1) is 18.8 Å². The van der Waals surface area contributed by atoms with Crippen LogP contribution < -0.4 is 15.4 Å². The minimum atomic E-state index is -0.140. The third kappa shape index (κ3) is 6.22. The summed E-state index contributed by atoms with van der Waals surface area (Å²) in [4.78, 5) is 12.1. The maximum atomic E-state index is 12.1. The van der Waals surface area contributed by atoms with E-state index in [1.54, 1.807) is 0 Å². The molecule has 0 atom stereocenters. The molecule has 0 saturated heterocycles. The quantitative estimate of drug-likeness (QED) is 0.635. The molecule has 6 heteroatoms. The molecule has 2 aromatic carbocycles. The van der Waals surface area contributed by atoms with E-state index in [2.05, 4.69) is 26.6 Å². The first-order chi connectivity index (χ1) is 11.7. The molecule has 2 rings (SSSR count). The lowest BCUT2D eigenvalue weighted by Crippen LogP contribution is -2.22. The molecule has 0 aromatic heterocycles. The van der Waals surface area contributed by atoms with Gasteiger partial charge >= 0.3 is 0 Å². The number of carbonyl (C=O) groups is 1. The van der Waals surface area contributed by atoms with Gasteiger partial charge in [-0.2, -0.15) is 0 Å². The Labute approximate surface area is 150 Å². The Hall–Kier alpha value is -2.05. The van der Waals surface area contributed by atoms with E-state index in [0.29, 0.717) is 31.3 Å². The van der Waals surface area contributed by atoms with E-state index in [-0.39, 0.29) is 12.5 Å². The summed E-state index contributed by atoms with van der Waals surface area (Å²) in [5, 5.41) is 5.93. The van der Waals surface area contributed by atoms with Crippen LogP contribution in [0.2, 0.25) is 0 Å². The summed E-state index contributed by atoms with van der Waals surface area (Å²) in [6.45, 7) is 3.73. The summed E-state index contributed by atoms with van der Waals surface area (Å²) in [5.41, 5.74) is 1.53. The number of nitrogens with one attached hydrogen (secondary N) is 2. The molecule has 0 aliphatic rings. The van der Waals surface area contributed by atoms with Gasteiger partial charge in [-0.25, -0.2) is 0 Å². The fourth-order valence-corrected chi connectivity index (χ4v) is 2.26. The number of benzene rings is 2. The highest BCUT2D eigenvalue weighted by atomic mass is 79.9. The SMILES string of the molecule is CCOCCOc1ccccc1NC(=O)CNc1ccc(Br)cc1. The molecule has 0 aliphatic carbocycles. The van der Waals surface area contributed by atoms with Gasteiger partial charge in [-0.05, 0) is 43.3 Å². The molecule has 2 aromatic rings. The van der Waals surface area contributed by atoms with Crippen LogP contribution in [-0.2, 0) is 9.53 Å². The molecule has 24 heavy (non-hydrogen) atoms. The van der Waals surface area contributed by atoms with Crippen LogP contribution in [0.1, 0.15) is 6.92 Å². The molecule has 2 N–H and O–H groups in total. The summed E-state index contributed by atoms with van der Waals surface area (Å²) < 4.78 is 11.9. The summed E-state index contributed by atoms with van der Waals surface area (Å²) in [7, 11) is 0. The van der Waals surface area contributed by atoms with Gasteiger partial charge in [-0.3, -0.25) is 4.79 Å². The van der Waals surface area contributed by atoms with Crippen molar-refractivity contribution >= 4 is 33.2 Å². The molecule has 5 nitrogen and oxygen atoms in total. The fourth-order valence-electron chi connectivity index (χ4n) is 2.00. The second-order valence-corrected chi connectivity index (χ2v) is 5.87. The molecule has 0 unspecified atom stereocenters. The van der Waals surface area contributed by atoms with Crippen molar-refractivity contribution in [3.05, 3.63) is 53.0 Å². The van der Waals surface area contributed by atoms with Crippen LogP contribution in [0, 0.1) is 0 Å². The third-order valence-electron chi connectivity index (χ3n) is 3.15. The molecule has 0 bridgehead atoms. The molecule has 0 radical (unpaired) electrons. The topological polar surface area (TPSA) is 59.6 Å². The Morgan fingerprint density at radius 2 is 1.83 bits per heavy atom. The minimum absolute atomic E-state index is 0.140. The highest BCUT2D eigenvalue weighted by Gasteiger charge is 2.07. The van der Waals surface area contributed by atoms with Crippen molar-refractivity contribution in [2.24, 2.45) is 0 Å². The molecule has 0 fully saturated rings. The van der Waals surface area contributed by atoms with E-state index >= 15 is 0 Å². The Bertz CT molecular complexity index is 647. The zero-order chi connectivity index (χ0) is 17.2. The third-order valence-corrected chi connectivity index (χ3v) is 3.68. The first-order valence-corrected chi connectivity index (χ1v) is 8.57. The first kappa shape index (κ1) is 18.3. The smallest absolute Gasteiger partial charge is 0.243 e. The predicted octanol–water partition coefficient (Wildman–Crippen LogP) is 3.92. The number of anilines is 2. The first-order valence-electron chi connectivity index (χ1n) is 7.78. The van der Waals surface area contributed by atoms with Crippen molar-refractivity contribution in [2.75, 3.05) is 37.0 Å². The van der Waals surface area contributed by atoms with E-state index in [4.69, 9.17) is 9.47 Å². The van der Waals surface area contributed by atoms with E-state index in [1.165, 1.54) is 0 Å². The lowest BCUT2D eigenvalue weighted by atomic mass is 10.3. The number of hydrogen-bond acceptors (Lipinski definition) is 4. The average Bonchev–Trinajstić information content (AvgIpc) is 2.59. The normalized spacial score (nSPS) is 10.2. The molecular weight excluding hydrogens is 372 g/mol. The van der Waals surface area contributed by atoms with Crippen molar-refractivity contribution in [2.45, 2.75) is 6.92 Å². The minimum Gasteiger partial charge on any atom is -0.489 e. The highest BCUT2D eigenvalue weighted by molar-refractivity contribution is 9.10. The molecule has 0 aliphatic heterocycles. The van der Waals surface area contributed by atoms with Gasteiger partial charge in [-0.15, -0.1) is 0 Å². The zero-order valence-electron chi connectivity index (χ0n) is 13.5. The Morgan fingerprint density at radius 3 is 2.58 bits per heavy atom. The largest absolute Gasteiger partial charge is 0.489 e. The van der Waals surface area contributed by atoms with E-state index < -0.39 is 0 Å². The second kappa shape index (κ2) is 9.95. The number of carbonyl (C=O) groups excluding carboxylic acids is 1. The monoisotopic (exact) mass is 392 g/mol. The average molecular weight is 393 g/mol. The number of rotatable bonds is 9. The van der Waals surface area contributed by atoms with Gasteiger partial charge in [0.1, 0.15) is 12.4 Å². The molecular formula is C18H21BrN2O3. The van der Waals surface area contributed by atoms with Crippen molar-refractivity contribution in [1.29, 1.82) is 0 Å². The van der Waals surface area contributed by atoms with Crippen LogP contribution in [0.5, 0.6) is 5.75 Å². The summed E-state index contributed by atoms with van der Waals surface area (Å²) in [5.74, 6) is 0.493. The summed E-state index contributed by atoms with van der Waals surface area (Å²) in [6, 6.07) is 15.0. The van der Waals surface area contributed by atoms with Crippen LogP contribution in [0.15, 0.2) is 53.0 Å². The molecule has 1 amide bonds. The number of ether oxygens (including phenoxy) is 2. The molecule has 128 valence electrons. The maximum Gasteiger partial charge on any atom is 0.243 e. The van der Waals surface area contributed by atoms with Gasteiger partial charge < -0.3 is 20.1 Å². The van der Waals surface area contributed by atoms with Crippen LogP contribution in [0.3, 0.4) is 0 Å². The van der Waals surface area contributed by atoms with Crippen molar-refractivity contribution in [3.63, 3.8) is 0 Å². The molecule has 0 spiro atoms. The van der Waals surface area contributed by atoms with Gasteiger partial charge in [0.2, 0.25) is 5.91 Å². The summed E-state index contributed by atoms with van der Waals surface area (Å²) >= 11 is 3.38. The van der Waals surface area contributed by atoms with Crippen molar-refractivity contribution in [3.8, 4) is 5.75 Å². The standard InChI is InChI=1S/C18H21BrN2O3/c1-2-23-11-12-24-17-6-4-3-5-16(17)21-18(22)13-20-15-9-7-14(19)8-10-15/h3-10,20H,2,11-13H2,1H3,(H,21,22). The second-order valence-electron chi connectivity index (χ2n) is 4.95. The predicted molar refractivity (Wildman–Crippen MR) is 99.7 cm³/mol. The van der Waals surface area contributed by atoms with Crippen LogP contribution >= 0.6 is 15.9 Å². The van der Waals surface area contributed by atoms with Gasteiger partial charge in [-0.1, -0.05) is 28.1 Å². The van der Waals surface area contributed by atoms with Gasteiger partial charge in [0, 0.05) is 16.8 Å². The lowest BCUT2D eigenvalue weighted by molar-refractivity contribution is -0.114. The molecule has 0 heterocycles. The van der Waals surface area contributed by atoms with E-state index in [9.17, 15) is 4.79 Å². The van der Waals surface area contributed by atoms with E-state index in [0.717, 1.165) is 10.2 Å². The van der Waals surface area contributed by atoms with E-state index in [1.807, 2.05) is 55.5 Å². The number of halogens is 1. The Kier molecular flexibility index (Phi) is 7.58. The van der Waals surface area contributed by atoms with Crippen LogP contribution in [0.25, 0.3) is 0 Å².